The summed E-state index contributed by atoms with van der Waals surface area (Å²) in [5.41, 5.74) is 12.8. The Morgan fingerprint density at radius 1 is 1.50 bits per heavy atom. The van der Waals surface area contributed by atoms with Crippen LogP contribution in [0.5, 0.6) is 0 Å². The van der Waals surface area contributed by atoms with Crippen molar-refractivity contribution in [1.82, 2.24) is 0 Å². The van der Waals surface area contributed by atoms with E-state index < -0.39 is 5.54 Å². The third-order valence-corrected chi connectivity index (χ3v) is 2.91. The zero-order valence-corrected chi connectivity index (χ0v) is 9.71. The summed E-state index contributed by atoms with van der Waals surface area (Å²) in [7, 11) is 0. The predicted molar refractivity (Wildman–Crippen MR) is 61.8 cm³/mol. The Bertz CT molecular complexity index is 306. The molecule has 0 amide bonds. The lowest BCUT2D eigenvalue weighted by atomic mass is 9.89. The number of anilines is 1. The summed E-state index contributed by atoms with van der Waals surface area (Å²) in [5.74, 6) is 0. The predicted octanol–water partition coefficient (Wildman–Crippen LogP) is 1.59. The molecule has 0 bridgehead atoms. The summed E-state index contributed by atoms with van der Waals surface area (Å²) < 4.78 is 0.885. The maximum atomic E-state index is 8.91. The van der Waals surface area contributed by atoms with Crippen molar-refractivity contribution < 1.29 is 5.11 Å². The van der Waals surface area contributed by atoms with Crippen LogP contribution in [0.4, 0.5) is 5.69 Å². The lowest BCUT2D eigenvalue weighted by Gasteiger charge is -2.27. The third kappa shape index (κ3) is 2.26. The van der Waals surface area contributed by atoms with Gasteiger partial charge < -0.3 is 16.6 Å². The Kier molecular flexibility index (Phi) is 3.53. The van der Waals surface area contributed by atoms with Gasteiger partial charge in [-0.3, -0.25) is 0 Å². The Morgan fingerprint density at radius 3 is 2.64 bits per heavy atom. The summed E-state index contributed by atoms with van der Waals surface area (Å²) in [6.45, 7) is 1.91. The number of rotatable bonds is 3. The molecule has 0 aliphatic heterocycles. The molecule has 78 valence electrons. The van der Waals surface area contributed by atoms with Crippen molar-refractivity contribution in [3.63, 3.8) is 0 Å². The number of aliphatic hydroxyl groups excluding tert-OH is 1. The van der Waals surface area contributed by atoms with Crippen LogP contribution in [0.2, 0.25) is 0 Å². The first-order chi connectivity index (χ1) is 6.49. The fourth-order valence-electron chi connectivity index (χ4n) is 1.50. The SMILES string of the molecule is C[C@](N)(CCO)c1c(N)cccc1Br. The van der Waals surface area contributed by atoms with Crippen LogP contribution in [-0.4, -0.2) is 11.7 Å². The van der Waals surface area contributed by atoms with E-state index in [0.717, 1.165) is 10.0 Å². The van der Waals surface area contributed by atoms with Gasteiger partial charge in [-0.05, 0) is 25.5 Å². The Labute approximate surface area is 92.2 Å². The minimum absolute atomic E-state index is 0.0494. The van der Waals surface area contributed by atoms with Gasteiger partial charge in [0.1, 0.15) is 0 Å². The van der Waals surface area contributed by atoms with Crippen molar-refractivity contribution in [2.24, 2.45) is 5.73 Å². The second-order valence-corrected chi connectivity index (χ2v) is 4.45. The minimum atomic E-state index is -0.598. The van der Waals surface area contributed by atoms with Crippen LogP contribution >= 0.6 is 15.9 Å². The molecule has 0 unspecified atom stereocenters. The van der Waals surface area contributed by atoms with Crippen molar-refractivity contribution in [2.75, 3.05) is 12.3 Å². The molecule has 0 heterocycles. The zero-order chi connectivity index (χ0) is 10.8. The number of hydrogen-bond donors (Lipinski definition) is 3. The van der Waals surface area contributed by atoms with E-state index >= 15 is 0 Å². The van der Waals surface area contributed by atoms with Crippen molar-refractivity contribution >= 4 is 21.6 Å². The van der Waals surface area contributed by atoms with Gasteiger partial charge in [0.05, 0.1) is 0 Å². The van der Waals surface area contributed by atoms with Gasteiger partial charge in [-0.1, -0.05) is 22.0 Å². The van der Waals surface area contributed by atoms with E-state index in [4.69, 9.17) is 16.6 Å². The smallest absolute Gasteiger partial charge is 0.0451 e. The Balaban J connectivity index is 3.17. The average Bonchev–Trinajstić information content (AvgIpc) is 2.02. The second-order valence-electron chi connectivity index (χ2n) is 3.60. The molecule has 0 saturated heterocycles. The molecule has 1 rings (SSSR count). The van der Waals surface area contributed by atoms with E-state index in [-0.39, 0.29) is 6.61 Å². The average molecular weight is 259 g/mol. The van der Waals surface area contributed by atoms with Gasteiger partial charge in [0.2, 0.25) is 0 Å². The molecule has 3 nitrogen and oxygen atoms in total. The van der Waals surface area contributed by atoms with E-state index in [9.17, 15) is 0 Å². The molecule has 0 aliphatic rings. The number of nitrogen functional groups attached to an aromatic ring is 1. The topological polar surface area (TPSA) is 72.3 Å². The van der Waals surface area contributed by atoms with Crippen LogP contribution in [0.3, 0.4) is 0 Å². The number of nitrogens with two attached hydrogens (primary N) is 2. The van der Waals surface area contributed by atoms with Crippen molar-refractivity contribution in [3.8, 4) is 0 Å². The van der Waals surface area contributed by atoms with E-state index in [2.05, 4.69) is 15.9 Å². The Morgan fingerprint density at radius 2 is 2.14 bits per heavy atom. The Hall–Kier alpha value is -0.580. The highest BCUT2D eigenvalue weighted by Gasteiger charge is 2.25. The summed E-state index contributed by atoms with van der Waals surface area (Å²) in [6, 6.07) is 5.56. The van der Waals surface area contributed by atoms with Gasteiger partial charge in [0.15, 0.2) is 0 Å². The maximum Gasteiger partial charge on any atom is 0.0451 e. The first-order valence-corrected chi connectivity index (χ1v) is 5.22. The highest BCUT2D eigenvalue weighted by Crippen LogP contribution is 2.33. The number of halogens is 1. The zero-order valence-electron chi connectivity index (χ0n) is 8.13. The van der Waals surface area contributed by atoms with E-state index in [0.29, 0.717) is 12.1 Å². The molecule has 0 fully saturated rings. The highest BCUT2D eigenvalue weighted by molar-refractivity contribution is 9.10. The molecule has 0 saturated carbocycles. The molecule has 0 radical (unpaired) electrons. The van der Waals surface area contributed by atoms with Crippen LogP contribution in [0.15, 0.2) is 22.7 Å². The largest absolute Gasteiger partial charge is 0.398 e. The van der Waals surface area contributed by atoms with E-state index in [1.807, 2.05) is 25.1 Å². The van der Waals surface area contributed by atoms with Crippen LogP contribution in [0.25, 0.3) is 0 Å². The van der Waals surface area contributed by atoms with Crippen molar-refractivity contribution in [1.29, 1.82) is 0 Å². The van der Waals surface area contributed by atoms with Gasteiger partial charge in [-0.15, -0.1) is 0 Å². The summed E-state index contributed by atoms with van der Waals surface area (Å²) >= 11 is 3.41. The molecule has 5 N–H and O–H groups in total. The molecule has 0 aromatic heterocycles. The molecule has 1 aromatic rings. The molecule has 1 aromatic carbocycles. The third-order valence-electron chi connectivity index (χ3n) is 2.25. The standard InChI is InChI=1S/C10H15BrN2O/c1-10(13,5-6-14)9-7(11)3-2-4-8(9)12/h2-4,14H,5-6,12-13H2,1H3/t10-/m0/s1. The molecule has 14 heavy (non-hydrogen) atoms. The summed E-state index contributed by atoms with van der Waals surface area (Å²) in [4.78, 5) is 0. The lowest BCUT2D eigenvalue weighted by molar-refractivity contribution is 0.247. The number of hydrogen-bond acceptors (Lipinski definition) is 3. The second kappa shape index (κ2) is 4.29. The van der Waals surface area contributed by atoms with Crippen molar-refractivity contribution in [2.45, 2.75) is 18.9 Å². The maximum absolute atomic E-state index is 8.91. The summed E-state index contributed by atoms with van der Waals surface area (Å²) in [5, 5.41) is 8.91. The first-order valence-electron chi connectivity index (χ1n) is 4.43. The molecule has 0 spiro atoms. The van der Waals surface area contributed by atoms with Crippen LogP contribution in [-0.2, 0) is 5.54 Å². The number of aliphatic hydroxyl groups is 1. The van der Waals surface area contributed by atoms with E-state index in [1.54, 1.807) is 0 Å². The first kappa shape index (κ1) is 11.5. The normalized spacial score (nSPS) is 15.1. The van der Waals surface area contributed by atoms with Gasteiger partial charge in [-0.25, -0.2) is 0 Å². The monoisotopic (exact) mass is 258 g/mol. The van der Waals surface area contributed by atoms with Crippen LogP contribution < -0.4 is 11.5 Å². The molecule has 4 heteroatoms. The van der Waals surface area contributed by atoms with Crippen LogP contribution in [0.1, 0.15) is 18.9 Å². The fourth-order valence-corrected chi connectivity index (χ4v) is 2.34. The number of benzene rings is 1. The molecular formula is C10H15BrN2O. The minimum Gasteiger partial charge on any atom is -0.398 e. The molecule has 0 aliphatic carbocycles. The fraction of sp³-hybridized carbons (Fsp3) is 0.400. The lowest BCUT2D eigenvalue weighted by Crippen LogP contribution is -2.35. The molecular weight excluding hydrogens is 244 g/mol. The van der Waals surface area contributed by atoms with Crippen LogP contribution in [0, 0.1) is 0 Å². The van der Waals surface area contributed by atoms with Gasteiger partial charge in [0, 0.05) is 27.9 Å². The van der Waals surface area contributed by atoms with E-state index in [1.165, 1.54) is 0 Å². The highest BCUT2D eigenvalue weighted by atomic mass is 79.9. The van der Waals surface area contributed by atoms with Crippen molar-refractivity contribution in [3.05, 3.63) is 28.2 Å². The quantitative estimate of drug-likeness (QED) is 0.722. The van der Waals surface area contributed by atoms with Gasteiger partial charge in [-0.2, -0.15) is 0 Å². The molecule has 1 atom stereocenters. The van der Waals surface area contributed by atoms with Gasteiger partial charge >= 0.3 is 0 Å². The summed E-state index contributed by atoms with van der Waals surface area (Å²) in [6.07, 6.45) is 0.486. The van der Waals surface area contributed by atoms with Gasteiger partial charge in [0.25, 0.3) is 0 Å².